The molecule has 0 aromatic heterocycles. The highest BCUT2D eigenvalue weighted by Crippen LogP contribution is 2.34. The smallest absolute Gasteiger partial charge is 0.245 e. The lowest BCUT2D eigenvalue weighted by Gasteiger charge is -2.36. The Kier molecular flexibility index (Phi) is 2.67. The number of hydrogen-bond acceptors (Lipinski definition) is 3. The number of nitrogens with two attached hydrogens (primary N) is 1. The van der Waals surface area contributed by atoms with Crippen LogP contribution in [0.4, 0.5) is 5.69 Å². The first-order chi connectivity index (χ1) is 7.13. The summed E-state index contributed by atoms with van der Waals surface area (Å²) in [6.07, 6.45) is 0. The lowest BCUT2D eigenvalue weighted by atomic mass is 10.1. The van der Waals surface area contributed by atoms with Crippen LogP contribution in [0.25, 0.3) is 0 Å². The molecule has 1 heterocycles. The van der Waals surface area contributed by atoms with Crippen molar-refractivity contribution in [3.63, 3.8) is 0 Å². The maximum Gasteiger partial charge on any atom is 0.245 e. The third kappa shape index (κ3) is 1.72. The number of nitrogens with zero attached hydrogens (tertiary/aromatic N) is 1. The molecule has 1 aliphatic rings. The van der Waals surface area contributed by atoms with E-state index in [0.29, 0.717) is 12.3 Å². The maximum absolute atomic E-state index is 11.5. The molecule has 1 amide bonds. The van der Waals surface area contributed by atoms with Gasteiger partial charge in [0.1, 0.15) is 11.8 Å². The lowest BCUT2D eigenvalue weighted by Crippen LogP contribution is -2.61. The number of rotatable bonds is 2. The van der Waals surface area contributed by atoms with Crippen molar-refractivity contribution < 1.29 is 9.53 Å². The fourth-order valence-electron chi connectivity index (χ4n) is 1.54. The van der Waals surface area contributed by atoms with Crippen molar-refractivity contribution in [3.05, 3.63) is 22.7 Å². The molecule has 1 aromatic rings. The molecule has 4 nitrogen and oxygen atoms in total. The van der Waals surface area contributed by atoms with E-state index in [1.807, 2.05) is 18.2 Å². The number of carbonyl (C=O) groups is 1. The zero-order valence-electron chi connectivity index (χ0n) is 8.24. The summed E-state index contributed by atoms with van der Waals surface area (Å²) in [6.45, 7) is 0.547. The molecule has 0 saturated carbocycles. The Bertz CT molecular complexity index is 408. The minimum Gasteiger partial charge on any atom is -0.495 e. The summed E-state index contributed by atoms with van der Waals surface area (Å²) in [5.74, 6) is 0.616. The van der Waals surface area contributed by atoms with Crippen LogP contribution >= 0.6 is 15.9 Å². The predicted molar refractivity (Wildman–Crippen MR) is 61.0 cm³/mol. The molecule has 1 fully saturated rings. The van der Waals surface area contributed by atoms with Crippen molar-refractivity contribution in [2.45, 2.75) is 6.04 Å². The molecule has 80 valence electrons. The molecule has 1 atom stereocenters. The van der Waals surface area contributed by atoms with E-state index in [-0.39, 0.29) is 11.9 Å². The number of ether oxygens (including phenoxy) is 1. The summed E-state index contributed by atoms with van der Waals surface area (Å²) in [5.41, 5.74) is 6.30. The number of methoxy groups -OCH3 is 1. The topological polar surface area (TPSA) is 55.6 Å². The quantitative estimate of drug-likeness (QED) is 0.820. The van der Waals surface area contributed by atoms with Gasteiger partial charge in [0.15, 0.2) is 0 Å². The molecular formula is C10H11BrN2O2. The largest absolute Gasteiger partial charge is 0.495 e. The predicted octanol–water partition coefficient (Wildman–Crippen LogP) is 1.13. The van der Waals surface area contributed by atoms with Crippen LogP contribution in [-0.4, -0.2) is 25.6 Å². The second-order valence-corrected chi connectivity index (χ2v) is 4.29. The van der Waals surface area contributed by atoms with Crippen LogP contribution in [0.15, 0.2) is 22.7 Å². The molecule has 1 aromatic carbocycles. The van der Waals surface area contributed by atoms with Gasteiger partial charge in [-0.15, -0.1) is 0 Å². The molecular weight excluding hydrogens is 260 g/mol. The van der Waals surface area contributed by atoms with Crippen LogP contribution in [-0.2, 0) is 4.79 Å². The third-order valence-corrected chi connectivity index (χ3v) is 2.89. The number of hydrogen-bond donors (Lipinski definition) is 1. The van der Waals surface area contributed by atoms with Crippen LogP contribution in [0.1, 0.15) is 0 Å². The van der Waals surface area contributed by atoms with Gasteiger partial charge in [-0.2, -0.15) is 0 Å². The molecule has 1 unspecified atom stereocenters. The van der Waals surface area contributed by atoms with Crippen molar-refractivity contribution in [1.29, 1.82) is 0 Å². The van der Waals surface area contributed by atoms with E-state index in [1.165, 1.54) is 0 Å². The average molecular weight is 271 g/mol. The Balaban J connectivity index is 2.35. The van der Waals surface area contributed by atoms with Crippen molar-refractivity contribution in [3.8, 4) is 5.75 Å². The van der Waals surface area contributed by atoms with E-state index >= 15 is 0 Å². The fourth-order valence-corrected chi connectivity index (χ4v) is 1.89. The monoisotopic (exact) mass is 270 g/mol. The Morgan fingerprint density at radius 1 is 1.60 bits per heavy atom. The summed E-state index contributed by atoms with van der Waals surface area (Å²) in [5, 5.41) is 0. The third-order valence-electron chi connectivity index (χ3n) is 2.39. The van der Waals surface area contributed by atoms with E-state index in [0.717, 1.165) is 10.2 Å². The van der Waals surface area contributed by atoms with Crippen LogP contribution in [0, 0.1) is 0 Å². The first kappa shape index (κ1) is 10.4. The summed E-state index contributed by atoms with van der Waals surface area (Å²) >= 11 is 3.36. The van der Waals surface area contributed by atoms with E-state index < -0.39 is 0 Å². The summed E-state index contributed by atoms with van der Waals surface area (Å²) < 4.78 is 6.09. The second kappa shape index (κ2) is 3.83. The second-order valence-electron chi connectivity index (χ2n) is 3.37. The first-order valence-corrected chi connectivity index (χ1v) is 5.33. The minimum absolute atomic E-state index is 0.0635. The van der Waals surface area contributed by atoms with E-state index in [4.69, 9.17) is 10.5 Å². The Morgan fingerprint density at radius 3 is 2.87 bits per heavy atom. The van der Waals surface area contributed by atoms with Crippen molar-refractivity contribution in [2.75, 3.05) is 18.6 Å². The first-order valence-electron chi connectivity index (χ1n) is 4.54. The average Bonchev–Trinajstić information content (AvgIpc) is 2.25. The summed E-state index contributed by atoms with van der Waals surface area (Å²) in [4.78, 5) is 13.1. The van der Waals surface area contributed by atoms with Crippen molar-refractivity contribution in [2.24, 2.45) is 5.73 Å². The molecule has 0 aliphatic carbocycles. The number of carbonyl (C=O) groups excluding carboxylic acids is 1. The molecule has 2 rings (SSSR count). The van der Waals surface area contributed by atoms with Gasteiger partial charge in [-0.25, -0.2) is 0 Å². The zero-order valence-corrected chi connectivity index (χ0v) is 9.82. The van der Waals surface area contributed by atoms with Gasteiger partial charge in [0.2, 0.25) is 5.91 Å². The van der Waals surface area contributed by atoms with Crippen molar-refractivity contribution >= 4 is 27.5 Å². The van der Waals surface area contributed by atoms with Crippen LogP contribution < -0.4 is 15.4 Å². The number of benzene rings is 1. The number of amides is 1. The Hall–Kier alpha value is -1.07. The Labute approximate surface area is 96.1 Å². The molecule has 5 heteroatoms. The van der Waals surface area contributed by atoms with Gasteiger partial charge in [0, 0.05) is 4.47 Å². The molecule has 0 bridgehead atoms. The fraction of sp³-hybridized carbons (Fsp3) is 0.300. The number of halogens is 1. The van der Waals surface area contributed by atoms with E-state index in [1.54, 1.807) is 12.0 Å². The lowest BCUT2D eigenvalue weighted by molar-refractivity contribution is -0.123. The van der Waals surface area contributed by atoms with Crippen LogP contribution in [0.5, 0.6) is 5.75 Å². The van der Waals surface area contributed by atoms with Crippen LogP contribution in [0.3, 0.4) is 0 Å². The van der Waals surface area contributed by atoms with E-state index in [2.05, 4.69) is 15.9 Å². The molecule has 15 heavy (non-hydrogen) atoms. The highest BCUT2D eigenvalue weighted by atomic mass is 79.9. The van der Waals surface area contributed by atoms with Gasteiger partial charge in [0.25, 0.3) is 0 Å². The van der Waals surface area contributed by atoms with Crippen molar-refractivity contribution in [1.82, 2.24) is 0 Å². The molecule has 1 aliphatic heterocycles. The van der Waals surface area contributed by atoms with Crippen LogP contribution in [0.2, 0.25) is 0 Å². The van der Waals surface area contributed by atoms with Gasteiger partial charge in [-0.3, -0.25) is 4.79 Å². The molecule has 1 saturated heterocycles. The highest BCUT2D eigenvalue weighted by molar-refractivity contribution is 9.10. The molecule has 0 spiro atoms. The minimum atomic E-state index is -0.367. The van der Waals surface area contributed by atoms with Gasteiger partial charge in [0.05, 0.1) is 19.3 Å². The highest BCUT2D eigenvalue weighted by Gasteiger charge is 2.36. The maximum atomic E-state index is 11.5. The normalized spacial score (nSPS) is 20.1. The molecule has 0 radical (unpaired) electrons. The Morgan fingerprint density at radius 2 is 2.33 bits per heavy atom. The standard InChI is InChI=1S/C10H11BrN2O2/c1-15-9-3-2-6(11)4-8(9)13-5-7(12)10(13)14/h2-4,7H,5,12H2,1H3. The SMILES string of the molecule is COc1ccc(Br)cc1N1CC(N)C1=O. The molecule has 2 N–H and O–H groups in total. The summed E-state index contributed by atoms with van der Waals surface area (Å²) in [6, 6.07) is 5.17. The van der Waals surface area contributed by atoms with Gasteiger partial charge in [-0.05, 0) is 18.2 Å². The van der Waals surface area contributed by atoms with Gasteiger partial charge in [-0.1, -0.05) is 15.9 Å². The van der Waals surface area contributed by atoms with Gasteiger partial charge < -0.3 is 15.4 Å². The number of anilines is 1. The number of β-lactam (4-membered cyclic amide) rings is 1. The van der Waals surface area contributed by atoms with Gasteiger partial charge >= 0.3 is 0 Å². The summed E-state index contributed by atoms with van der Waals surface area (Å²) in [7, 11) is 1.58. The zero-order chi connectivity index (χ0) is 11.0. The van der Waals surface area contributed by atoms with E-state index in [9.17, 15) is 4.79 Å².